The molecule has 1 aliphatic rings. The number of rotatable bonds is 11. The third kappa shape index (κ3) is 6.25. The van der Waals surface area contributed by atoms with Crippen LogP contribution in [0, 0.1) is 0 Å². The van der Waals surface area contributed by atoms with E-state index < -0.39 is 24.1 Å². The second-order valence-electron chi connectivity index (χ2n) is 9.64. The molecular weight excluding hydrogens is 536 g/mol. The Balaban J connectivity index is 1.25. The van der Waals surface area contributed by atoms with E-state index >= 15 is 0 Å². The van der Waals surface area contributed by atoms with E-state index in [0.717, 1.165) is 27.8 Å². The zero-order valence-corrected chi connectivity index (χ0v) is 23.1. The van der Waals surface area contributed by atoms with Crippen molar-refractivity contribution in [3.63, 3.8) is 0 Å². The van der Waals surface area contributed by atoms with Crippen molar-refractivity contribution >= 4 is 18.0 Å². The molecule has 1 atom stereocenters. The fourth-order valence-electron chi connectivity index (χ4n) is 4.97. The molecule has 1 heterocycles. The molecule has 0 spiro atoms. The third-order valence-electron chi connectivity index (χ3n) is 6.94. The summed E-state index contributed by atoms with van der Waals surface area (Å²) in [6, 6.07) is 23.7. The topological polar surface area (TPSA) is 117 Å². The molecule has 1 aliphatic carbocycles. The quantitative estimate of drug-likeness (QED) is 0.140. The molecule has 0 fully saturated rings. The summed E-state index contributed by atoms with van der Waals surface area (Å²) >= 11 is 0. The number of hydrogen-bond acceptors (Lipinski definition) is 8. The normalized spacial score (nSPS) is 12.5. The van der Waals surface area contributed by atoms with Gasteiger partial charge in [0.05, 0.1) is 6.61 Å². The number of carbonyl (C=O) groups excluding carboxylic acids is 3. The van der Waals surface area contributed by atoms with E-state index in [-0.39, 0.29) is 37.9 Å². The van der Waals surface area contributed by atoms with Gasteiger partial charge in [-0.15, -0.1) is 0 Å². The van der Waals surface area contributed by atoms with Crippen LogP contribution in [0.3, 0.4) is 0 Å². The van der Waals surface area contributed by atoms with Crippen LogP contribution in [0.5, 0.6) is 0 Å². The van der Waals surface area contributed by atoms with Crippen molar-refractivity contribution in [1.29, 1.82) is 0 Å². The van der Waals surface area contributed by atoms with Crippen LogP contribution in [-0.4, -0.2) is 49.1 Å². The van der Waals surface area contributed by atoms with E-state index in [0.29, 0.717) is 11.3 Å². The van der Waals surface area contributed by atoms with Gasteiger partial charge in [0.1, 0.15) is 19.3 Å². The van der Waals surface area contributed by atoms with Gasteiger partial charge in [0.15, 0.2) is 11.5 Å². The van der Waals surface area contributed by atoms with Crippen molar-refractivity contribution < 1.29 is 33.1 Å². The number of carbonyl (C=O) groups is 3. The van der Waals surface area contributed by atoms with Crippen LogP contribution in [0.15, 0.2) is 96.0 Å². The van der Waals surface area contributed by atoms with E-state index in [9.17, 15) is 14.4 Å². The van der Waals surface area contributed by atoms with Gasteiger partial charge >= 0.3 is 18.0 Å². The van der Waals surface area contributed by atoms with Crippen molar-refractivity contribution in [2.75, 3.05) is 19.8 Å². The van der Waals surface area contributed by atoms with Crippen LogP contribution in [0.2, 0.25) is 0 Å². The van der Waals surface area contributed by atoms with Crippen molar-refractivity contribution in [2.45, 2.75) is 25.3 Å². The molecule has 0 unspecified atom stereocenters. The summed E-state index contributed by atoms with van der Waals surface area (Å²) in [6.45, 7) is 5.65. The Morgan fingerprint density at radius 1 is 0.952 bits per heavy atom. The fourth-order valence-corrected chi connectivity index (χ4v) is 4.97. The largest absolute Gasteiger partial charge is 0.461 e. The van der Waals surface area contributed by atoms with Gasteiger partial charge in [0, 0.05) is 24.0 Å². The zero-order chi connectivity index (χ0) is 29.5. The van der Waals surface area contributed by atoms with E-state index in [1.807, 2.05) is 36.4 Å². The highest BCUT2D eigenvalue weighted by Gasteiger charge is 2.30. The van der Waals surface area contributed by atoms with Crippen LogP contribution in [-0.2, 0) is 25.4 Å². The lowest BCUT2D eigenvalue weighted by Crippen LogP contribution is -2.44. The minimum Gasteiger partial charge on any atom is -0.461 e. The molecule has 0 aliphatic heterocycles. The van der Waals surface area contributed by atoms with E-state index in [1.54, 1.807) is 31.2 Å². The maximum absolute atomic E-state index is 12.9. The average molecular weight is 567 g/mol. The second-order valence-corrected chi connectivity index (χ2v) is 9.64. The first-order valence-corrected chi connectivity index (χ1v) is 13.6. The SMILES string of the molecule is C=CCOC(=O)[C@H](Cc1ccc(-c2cc(C(=O)OCC)no2)cc1)NC(=O)OCC1c2ccccc2-c2ccccc21. The second kappa shape index (κ2) is 13.0. The Bertz CT molecular complexity index is 1550. The van der Waals surface area contributed by atoms with Gasteiger partial charge in [-0.1, -0.05) is 90.6 Å². The summed E-state index contributed by atoms with van der Waals surface area (Å²) in [4.78, 5) is 37.6. The summed E-state index contributed by atoms with van der Waals surface area (Å²) < 4.78 is 21.1. The Morgan fingerprint density at radius 3 is 2.26 bits per heavy atom. The molecule has 0 saturated carbocycles. The first kappa shape index (κ1) is 28.4. The zero-order valence-electron chi connectivity index (χ0n) is 23.1. The lowest BCUT2D eigenvalue weighted by Gasteiger charge is -2.19. The number of esters is 2. The van der Waals surface area contributed by atoms with Crippen molar-refractivity contribution in [3.8, 4) is 22.5 Å². The summed E-state index contributed by atoms with van der Waals surface area (Å²) in [5.41, 5.74) is 5.94. The molecule has 5 rings (SSSR count). The number of fused-ring (bicyclic) bond motifs is 3. The van der Waals surface area contributed by atoms with Gasteiger partial charge in [0.25, 0.3) is 0 Å². The Labute approximate surface area is 243 Å². The summed E-state index contributed by atoms with van der Waals surface area (Å²) in [5, 5.41) is 6.43. The summed E-state index contributed by atoms with van der Waals surface area (Å²) in [5.74, 6) is -0.892. The number of benzene rings is 3. The van der Waals surface area contributed by atoms with Gasteiger partial charge in [-0.25, -0.2) is 14.4 Å². The number of amides is 1. The smallest absolute Gasteiger partial charge is 0.407 e. The standard InChI is InChI=1S/C33H30N2O7/c1-3-17-40-31(36)28(18-21-13-15-22(16-14-21)30-19-29(35-42-30)32(37)39-4-2)34-33(38)41-20-27-25-11-7-5-9-23(25)24-10-6-8-12-26(24)27/h3,5-16,19,27-28H,1,4,17-18,20H2,2H3,(H,34,38)/t28-/m0/s1. The van der Waals surface area contributed by atoms with Crippen molar-refractivity contribution in [1.82, 2.24) is 10.5 Å². The van der Waals surface area contributed by atoms with Crippen LogP contribution < -0.4 is 5.32 Å². The number of alkyl carbamates (subject to hydrolysis) is 1. The lowest BCUT2D eigenvalue weighted by molar-refractivity contribution is -0.144. The molecule has 3 aromatic carbocycles. The molecule has 1 aromatic heterocycles. The fraction of sp³-hybridized carbons (Fsp3) is 0.212. The molecule has 4 aromatic rings. The minimum absolute atomic E-state index is 0.00886. The predicted octanol–water partition coefficient (Wildman–Crippen LogP) is 5.70. The van der Waals surface area contributed by atoms with Gasteiger partial charge in [-0.2, -0.15) is 0 Å². The number of aromatic nitrogens is 1. The molecule has 42 heavy (non-hydrogen) atoms. The Morgan fingerprint density at radius 2 is 1.62 bits per heavy atom. The lowest BCUT2D eigenvalue weighted by atomic mass is 9.98. The maximum Gasteiger partial charge on any atom is 0.407 e. The van der Waals surface area contributed by atoms with Crippen LogP contribution >= 0.6 is 0 Å². The van der Waals surface area contributed by atoms with E-state index in [4.69, 9.17) is 18.7 Å². The van der Waals surface area contributed by atoms with Crippen LogP contribution in [0.4, 0.5) is 4.79 Å². The van der Waals surface area contributed by atoms with E-state index in [2.05, 4.69) is 29.2 Å². The van der Waals surface area contributed by atoms with Crippen molar-refractivity contribution in [3.05, 3.63) is 114 Å². The summed E-state index contributed by atoms with van der Waals surface area (Å²) in [7, 11) is 0. The molecule has 9 nitrogen and oxygen atoms in total. The first-order chi connectivity index (χ1) is 20.5. The molecule has 0 radical (unpaired) electrons. The number of nitrogens with one attached hydrogen (secondary N) is 1. The number of hydrogen-bond donors (Lipinski definition) is 1. The molecule has 0 bridgehead atoms. The predicted molar refractivity (Wildman–Crippen MR) is 155 cm³/mol. The number of nitrogens with zero attached hydrogens (tertiary/aromatic N) is 1. The highest BCUT2D eigenvalue weighted by molar-refractivity contribution is 5.88. The molecule has 214 valence electrons. The highest BCUT2D eigenvalue weighted by atomic mass is 16.6. The summed E-state index contributed by atoms with van der Waals surface area (Å²) in [6.07, 6.45) is 0.895. The molecule has 9 heteroatoms. The van der Waals surface area contributed by atoms with Gasteiger partial charge in [-0.3, -0.25) is 0 Å². The molecule has 1 amide bonds. The van der Waals surface area contributed by atoms with Gasteiger partial charge in [0.2, 0.25) is 0 Å². The molecular formula is C33H30N2O7. The van der Waals surface area contributed by atoms with Gasteiger partial charge in [-0.05, 0) is 34.7 Å². The minimum atomic E-state index is -0.993. The number of ether oxygens (including phenoxy) is 3. The van der Waals surface area contributed by atoms with Crippen molar-refractivity contribution in [2.24, 2.45) is 0 Å². The first-order valence-electron chi connectivity index (χ1n) is 13.6. The van der Waals surface area contributed by atoms with E-state index in [1.165, 1.54) is 12.1 Å². The average Bonchev–Trinajstić information content (AvgIpc) is 3.63. The van der Waals surface area contributed by atoms with Crippen LogP contribution in [0.1, 0.15) is 40.0 Å². The highest BCUT2D eigenvalue weighted by Crippen LogP contribution is 2.44. The van der Waals surface area contributed by atoms with Gasteiger partial charge < -0.3 is 24.1 Å². The monoisotopic (exact) mass is 566 g/mol. The van der Waals surface area contributed by atoms with Crippen LogP contribution in [0.25, 0.3) is 22.5 Å². The Kier molecular flexibility index (Phi) is 8.77. The maximum atomic E-state index is 12.9. The molecule has 0 saturated heterocycles. The third-order valence-corrected chi connectivity index (χ3v) is 6.94. The molecule has 1 N–H and O–H groups in total. The Hall–Kier alpha value is -5.18.